The molecule has 0 unspecified atom stereocenters. The quantitative estimate of drug-likeness (QED) is 0.829. The Morgan fingerprint density at radius 1 is 1.32 bits per heavy atom. The second-order valence-corrected chi connectivity index (χ2v) is 4.47. The molecule has 0 fully saturated rings. The molecule has 6 heteroatoms. The highest BCUT2D eigenvalue weighted by molar-refractivity contribution is 5.95. The first-order valence-corrected chi connectivity index (χ1v) is 6.52. The molecule has 0 aliphatic heterocycles. The number of nitrogens with zero attached hydrogens (tertiary/aromatic N) is 1. The molecule has 0 atom stereocenters. The lowest BCUT2D eigenvalue weighted by atomic mass is 10.1. The Kier molecular flexibility index (Phi) is 4.94. The molecule has 2 rings (SSSR count). The van der Waals surface area contributed by atoms with Gasteiger partial charge in [-0.2, -0.15) is 5.26 Å². The maximum atomic E-state index is 13.5. The van der Waals surface area contributed by atoms with Gasteiger partial charge in [0.05, 0.1) is 5.69 Å². The van der Waals surface area contributed by atoms with Crippen LogP contribution in [0.3, 0.4) is 0 Å². The Morgan fingerprint density at radius 2 is 2.09 bits per heavy atom. The van der Waals surface area contributed by atoms with Crippen molar-refractivity contribution < 1.29 is 13.9 Å². The van der Waals surface area contributed by atoms with Crippen LogP contribution in [0.15, 0.2) is 42.5 Å². The van der Waals surface area contributed by atoms with Crippen molar-refractivity contribution in [1.82, 2.24) is 5.32 Å². The van der Waals surface area contributed by atoms with Crippen molar-refractivity contribution in [2.24, 2.45) is 0 Å². The van der Waals surface area contributed by atoms with Crippen molar-refractivity contribution in [3.05, 3.63) is 59.4 Å². The molecular formula is C16H14FN3O2. The molecular weight excluding hydrogens is 285 g/mol. The molecule has 0 heterocycles. The predicted octanol–water partition coefficient (Wildman–Crippen LogP) is 2.24. The lowest BCUT2D eigenvalue weighted by Crippen LogP contribution is -2.23. The van der Waals surface area contributed by atoms with Crippen LogP contribution in [0.4, 0.5) is 10.1 Å². The van der Waals surface area contributed by atoms with E-state index in [1.54, 1.807) is 18.2 Å². The molecule has 112 valence electrons. The number of ether oxygens (including phenoxy) is 1. The fraction of sp³-hybridized carbons (Fsp3) is 0.125. The number of amides is 1. The summed E-state index contributed by atoms with van der Waals surface area (Å²) in [4.78, 5) is 12.1. The lowest BCUT2D eigenvalue weighted by Gasteiger charge is -2.09. The predicted molar refractivity (Wildman–Crippen MR) is 79.5 cm³/mol. The monoisotopic (exact) mass is 299 g/mol. The zero-order chi connectivity index (χ0) is 15.9. The molecule has 0 aromatic heterocycles. The lowest BCUT2D eigenvalue weighted by molar-refractivity contribution is 0.0950. The van der Waals surface area contributed by atoms with Gasteiger partial charge in [-0.1, -0.05) is 18.2 Å². The van der Waals surface area contributed by atoms with Gasteiger partial charge in [-0.15, -0.1) is 0 Å². The van der Waals surface area contributed by atoms with Gasteiger partial charge in [0.1, 0.15) is 17.6 Å². The van der Waals surface area contributed by atoms with Crippen LogP contribution in [-0.4, -0.2) is 12.5 Å². The molecule has 1 amide bonds. The first kappa shape index (κ1) is 15.3. The van der Waals surface area contributed by atoms with E-state index in [1.165, 1.54) is 24.3 Å². The SMILES string of the molecule is N#CCOc1cc(C(=O)NCc2ccccc2F)ccc1N. The van der Waals surface area contributed by atoms with Crippen LogP contribution in [0, 0.1) is 17.1 Å². The molecule has 0 radical (unpaired) electrons. The summed E-state index contributed by atoms with van der Waals surface area (Å²) in [6, 6.07) is 12.5. The fourth-order valence-electron chi connectivity index (χ4n) is 1.83. The molecule has 0 aliphatic carbocycles. The van der Waals surface area contributed by atoms with Crippen LogP contribution >= 0.6 is 0 Å². The average Bonchev–Trinajstić information content (AvgIpc) is 2.53. The van der Waals surface area contributed by atoms with Gasteiger partial charge in [0.15, 0.2) is 6.61 Å². The van der Waals surface area contributed by atoms with Gasteiger partial charge >= 0.3 is 0 Å². The zero-order valence-corrected chi connectivity index (χ0v) is 11.7. The molecule has 0 saturated heterocycles. The fourth-order valence-corrected chi connectivity index (χ4v) is 1.83. The van der Waals surface area contributed by atoms with E-state index in [1.807, 2.05) is 6.07 Å². The summed E-state index contributed by atoms with van der Waals surface area (Å²) in [6.07, 6.45) is 0. The molecule has 0 spiro atoms. The van der Waals surface area contributed by atoms with Gasteiger partial charge in [0.2, 0.25) is 0 Å². The number of nitrogens with one attached hydrogen (secondary N) is 1. The number of carbonyl (C=O) groups excluding carboxylic acids is 1. The normalized spacial score (nSPS) is 9.82. The van der Waals surface area contributed by atoms with E-state index in [9.17, 15) is 9.18 Å². The van der Waals surface area contributed by atoms with E-state index in [-0.39, 0.29) is 30.6 Å². The number of rotatable bonds is 5. The van der Waals surface area contributed by atoms with Gasteiger partial charge in [-0.3, -0.25) is 4.79 Å². The number of nitrogen functional groups attached to an aromatic ring is 1. The highest BCUT2D eigenvalue weighted by atomic mass is 19.1. The summed E-state index contributed by atoms with van der Waals surface area (Å²) in [7, 11) is 0. The average molecular weight is 299 g/mol. The number of hydrogen-bond donors (Lipinski definition) is 2. The van der Waals surface area contributed by atoms with Crippen LogP contribution in [-0.2, 0) is 6.54 Å². The summed E-state index contributed by atoms with van der Waals surface area (Å²) in [5.41, 5.74) is 6.75. The Labute approximate surface area is 127 Å². The van der Waals surface area contributed by atoms with Crippen molar-refractivity contribution in [1.29, 1.82) is 5.26 Å². The van der Waals surface area contributed by atoms with Crippen molar-refractivity contribution in [3.63, 3.8) is 0 Å². The molecule has 0 bridgehead atoms. The minimum absolute atomic E-state index is 0.0737. The second kappa shape index (κ2) is 7.09. The molecule has 22 heavy (non-hydrogen) atoms. The molecule has 3 N–H and O–H groups in total. The third-order valence-electron chi connectivity index (χ3n) is 2.97. The minimum Gasteiger partial charge on any atom is -0.477 e. The van der Waals surface area contributed by atoms with Crippen molar-refractivity contribution in [3.8, 4) is 11.8 Å². The molecule has 0 aliphatic rings. The number of halogens is 1. The number of hydrogen-bond acceptors (Lipinski definition) is 4. The zero-order valence-electron chi connectivity index (χ0n) is 11.7. The van der Waals surface area contributed by atoms with Crippen molar-refractivity contribution in [2.45, 2.75) is 6.54 Å². The maximum absolute atomic E-state index is 13.5. The van der Waals surface area contributed by atoms with Crippen LogP contribution in [0.2, 0.25) is 0 Å². The van der Waals surface area contributed by atoms with E-state index in [4.69, 9.17) is 15.7 Å². The number of anilines is 1. The highest BCUT2D eigenvalue weighted by Crippen LogP contribution is 2.22. The highest BCUT2D eigenvalue weighted by Gasteiger charge is 2.10. The number of carbonyl (C=O) groups is 1. The first-order chi connectivity index (χ1) is 10.6. The van der Waals surface area contributed by atoms with Crippen molar-refractivity contribution >= 4 is 11.6 Å². The smallest absolute Gasteiger partial charge is 0.251 e. The molecule has 0 saturated carbocycles. The van der Waals surface area contributed by atoms with Crippen LogP contribution in [0.5, 0.6) is 5.75 Å². The molecule has 2 aromatic carbocycles. The topological polar surface area (TPSA) is 88.1 Å². The van der Waals surface area contributed by atoms with E-state index in [0.29, 0.717) is 16.8 Å². The largest absolute Gasteiger partial charge is 0.477 e. The third-order valence-corrected chi connectivity index (χ3v) is 2.97. The van der Waals surface area contributed by atoms with E-state index in [2.05, 4.69) is 5.32 Å². The molecule has 2 aromatic rings. The van der Waals surface area contributed by atoms with Crippen molar-refractivity contribution in [2.75, 3.05) is 12.3 Å². The molecule has 5 nitrogen and oxygen atoms in total. The summed E-state index contributed by atoms with van der Waals surface area (Å²) in [5, 5.41) is 11.1. The van der Waals surface area contributed by atoms with Gasteiger partial charge in [0.25, 0.3) is 5.91 Å². The van der Waals surface area contributed by atoms with E-state index in [0.717, 1.165) is 0 Å². The summed E-state index contributed by atoms with van der Waals surface area (Å²) in [5.74, 6) is -0.497. The van der Waals surface area contributed by atoms with Gasteiger partial charge in [0, 0.05) is 17.7 Å². The van der Waals surface area contributed by atoms with E-state index < -0.39 is 0 Å². The first-order valence-electron chi connectivity index (χ1n) is 6.52. The summed E-state index contributed by atoms with van der Waals surface area (Å²) < 4.78 is 18.6. The summed E-state index contributed by atoms with van der Waals surface area (Å²) >= 11 is 0. The van der Waals surface area contributed by atoms with Crippen LogP contribution in [0.1, 0.15) is 15.9 Å². The van der Waals surface area contributed by atoms with Gasteiger partial charge in [-0.25, -0.2) is 4.39 Å². The summed E-state index contributed by atoms with van der Waals surface area (Å²) in [6.45, 7) is -0.0885. The van der Waals surface area contributed by atoms with Crippen LogP contribution in [0.25, 0.3) is 0 Å². The van der Waals surface area contributed by atoms with Gasteiger partial charge in [-0.05, 0) is 24.3 Å². The minimum atomic E-state index is -0.384. The Morgan fingerprint density at radius 3 is 2.82 bits per heavy atom. The maximum Gasteiger partial charge on any atom is 0.251 e. The van der Waals surface area contributed by atoms with E-state index >= 15 is 0 Å². The van der Waals surface area contributed by atoms with Crippen LogP contribution < -0.4 is 15.8 Å². The number of benzene rings is 2. The standard InChI is InChI=1S/C16H14FN3O2/c17-13-4-2-1-3-12(13)10-20-16(21)11-5-6-14(19)15(9-11)22-8-7-18/h1-6,9H,8,10,19H2,(H,20,21). The number of nitrogens with two attached hydrogens (primary N) is 1. The third kappa shape index (κ3) is 3.73. The Bertz CT molecular complexity index is 726. The Hall–Kier alpha value is -3.07. The Balaban J connectivity index is 2.07. The number of nitriles is 1. The second-order valence-electron chi connectivity index (χ2n) is 4.47. The van der Waals surface area contributed by atoms with Gasteiger partial charge < -0.3 is 15.8 Å².